The summed E-state index contributed by atoms with van der Waals surface area (Å²) in [4.78, 5) is 0. The van der Waals surface area contributed by atoms with Crippen LogP contribution in [0.1, 0.15) is 25.0 Å². The zero-order valence-corrected chi connectivity index (χ0v) is 10.7. The molecule has 1 aromatic heterocycles. The van der Waals surface area contributed by atoms with Gasteiger partial charge in [0.1, 0.15) is 11.3 Å². The molecule has 3 heterocycles. The van der Waals surface area contributed by atoms with E-state index in [0.717, 1.165) is 28.2 Å². The molecule has 92 valence electrons. The number of rotatable bonds is 1. The Morgan fingerprint density at radius 2 is 2.17 bits per heavy atom. The van der Waals surface area contributed by atoms with Gasteiger partial charge in [-0.2, -0.15) is 0 Å². The van der Waals surface area contributed by atoms with Gasteiger partial charge in [0.2, 0.25) is 0 Å². The Bertz CT molecular complexity index is 643. The predicted molar refractivity (Wildman–Crippen MR) is 73.8 cm³/mol. The van der Waals surface area contributed by atoms with Crippen LogP contribution >= 0.6 is 11.6 Å². The summed E-state index contributed by atoms with van der Waals surface area (Å²) in [5, 5.41) is 5.44. The topological polar surface area (TPSA) is 25.2 Å². The first-order valence-electron chi connectivity index (χ1n) is 6.44. The van der Waals surface area contributed by atoms with E-state index in [1.807, 2.05) is 18.2 Å². The fourth-order valence-electron chi connectivity index (χ4n) is 3.07. The Morgan fingerprint density at radius 1 is 1.22 bits per heavy atom. The highest BCUT2D eigenvalue weighted by molar-refractivity contribution is 6.31. The van der Waals surface area contributed by atoms with Crippen molar-refractivity contribution >= 4 is 28.1 Å². The minimum atomic E-state index is 0.538. The SMILES string of the molecule is Clc1ccc2oc(C3=CC4CCC(C3)N4)cc2c1. The molecule has 2 bridgehead atoms. The largest absolute Gasteiger partial charge is 0.456 e. The summed E-state index contributed by atoms with van der Waals surface area (Å²) in [7, 11) is 0. The van der Waals surface area contributed by atoms with E-state index in [4.69, 9.17) is 16.0 Å². The average molecular weight is 260 g/mol. The third-order valence-electron chi connectivity index (χ3n) is 3.94. The third-order valence-corrected chi connectivity index (χ3v) is 4.17. The highest BCUT2D eigenvalue weighted by Crippen LogP contribution is 2.34. The smallest absolute Gasteiger partial charge is 0.134 e. The molecule has 3 heteroatoms. The van der Waals surface area contributed by atoms with Gasteiger partial charge in [0, 0.05) is 22.5 Å². The molecule has 1 saturated heterocycles. The van der Waals surface area contributed by atoms with Gasteiger partial charge < -0.3 is 9.73 Å². The lowest BCUT2D eigenvalue weighted by Gasteiger charge is -2.19. The molecule has 2 atom stereocenters. The number of nitrogens with one attached hydrogen (secondary N) is 1. The van der Waals surface area contributed by atoms with Crippen LogP contribution in [0.25, 0.3) is 16.5 Å². The summed E-state index contributed by atoms with van der Waals surface area (Å²) in [6.07, 6.45) is 5.92. The Labute approximate surface area is 111 Å². The van der Waals surface area contributed by atoms with Crippen LogP contribution in [0.3, 0.4) is 0 Å². The summed E-state index contributed by atoms with van der Waals surface area (Å²) >= 11 is 6.00. The molecule has 18 heavy (non-hydrogen) atoms. The zero-order chi connectivity index (χ0) is 12.1. The third kappa shape index (κ3) is 1.68. The number of furan rings is 1. The number of hydrogen-bond acceptors (Lipinski definition) is 2. The van der Waals surface area contributed by atoms with Crippen LogP contribution in [0.2, 0.25) is 5.02 Å². The van der Waals surface area contributed by atoms with Crippen molar-refractivity contribution in [3.8, 4) is 0 Å². The second-order valence-electron chi connectivity index (χ2n) is 5.24. The molecular formula is C15H14ClNO. The summed E-state index contributed by atoms with van der Waals surface area (Å²) < 4.78 is 5.93. The number of hydrogen-bond donors (Lipinski definition) is 1. The van der Waals surface area contributed by atoms with Crippen molar-refractivity contribution < 1.29 is 4.42 Å². The highest BCUT2D eigenvalue weighted by Gasteiger charge is 2.29. The molecule has 4 rings (SSSR count). The fourth-order valence-corrected chi connectivity index (χ4v) is 3.25. The van der Waals surface area contributed by atoms with E-state index >= 15 is 0 Å². The first kappa shape index (κ1) is 10.7. The van der Waals surface area contributed by atoms with Crippen LogP contribution in [0.15, 0.2) is 34.8 Å². The molecule has 0 radical (unpaired) electrons. The van der Waals surface area contributed by atoms with Crippen molar-refractivity contribution in [3.05, 3.63) is 41.1 Å². The van der Waals surface area contributed by atoms with Crippen molar-refractivity contribution in [1.29, 1.82) is 0 Å². The van der Waals surface area contributed by atoms with Crippen molar-refractivity contribution in [2.24, 2.45) is 0 Å². The maximum absolute atomic E-state index is 6.00. The van der Waals surface area contributed by atoms with E-state index < -0.39 is 0 Å². The maximum atomic E-state index is 6.00. The zero-order valence-electron chi connectivity index (χ0n) is 9.95. The lowest BCUT2D eigenvalue weighted by Crippen LogP contribution is -2.31. The van der Waals surface area contributed by atoms with Crippen LogP contribution in [0.4, 0.5) is 0 Å². The minimum Gasteiger partial charge on any atom is -0.456 e. The van der Waals surface area contributed by atoms with Crippen LogP contribution in [0, 0.1) is 0 Å². The van der Waals surface area contributed by atoms with E-state index in [1.165, 1.54) is 18.4 Å². The molecule has 2 nitrogen and oxygen atoms in total. The second-order valence-corrected chi connectivity index (χ2v) is 5.67. The molecule has 0 spiro atoms. The summed E-state index contributed by atoms with van der Waals surface area (Å²) in [5.74, 6) is 1.01. The minimum absolute atomic E-state index is 0.538. The number of halogens is 1. The Morgan fingerprint density at radius 3 is 3.06 bits per heavy atom. The molecule has 2 unspecified atom stereocenters. The summed E-state index contributed by atoms with van der Waals surface area (Å²) in [5.41, 5.74) is 2.26. The van der Waals surface area contributed by atoms with E-state index in [9.17, 15) is 0 Å². The van der Waals surface area contributed by atoms with Crippen LogP contribution in [-0.2, 0) is 0 Å². The molecule has 0 amide bonds. The maximum Gasteiger partial charge on any atom is 0.134 e. The molecule has 0 saturated carbocycles. The molecule has 2 aromatic rings. The number of benzene rings is 1. The van der Waals surface area contributed by atoms with Gasteiger partial charge in [-0.3, -0.25) is 0 Å². The lowest BCUT2D eigenvalue weighted by atomic mass is 10.0. The van der Waals surface area contributed by atoms with Gasteiger partial charge in [-0.25, -0.2) is 0 Å². The second kappa shape index (κ2) is 3.87. The predicted octanol–water partition coefficient (Wildman–Crippen LogP) is 3.99. The van der Waals surface area contributed by atoms with Crippen LogP contribution in [-0.4, -0.2) is 12.1 Å². The molecule has 1 fully saturated rings. The quantitative estimate of drug-likeness (QED) is 0.838. The summed E-state index contributed by atoms with van der Waals surface area (Å²) in [6, 6.07) is 9.05. The molecule has 0 aliphatic carbocycles. The van der Waals surface area contributed by atoms with E-state index in [0.29, 0.717) is 12.1 Å². The monoisotopic (exact) mass is 259 g/mol. The summed E-state index contributed by atoms with van der Waals surface area (Å²) in [6.45, 7) is 0. The number of fused-ring (bicyclic) bond motifs is 3. The van der Waals surface area contributed by atoms with Crippen LogP contribution < -0.4 is 5.32 Å². The van der Waals surface area contributed by atoms with Gasteiger partial charge in [-0.1, -0.05) is 17.7 Å². The molecule has 1 N–H and O–H groups in total. The van der Waals surface area contributed by atoms with Gasteiger partial charge in [-0.15, -0.1) is 0 Å². The molecule has 2 aliphatic heterocycles. The van der Waals surface area contributed by atoms with Gasteiger partial charge in [0.05, 0.1) is 0 Å². The van der Waals surface area contributed by atoms with Crippen molar-refractivity contribution in [2.45, 2.75) is 31.3 Å². The Hall–Kier alpha value is -1.25. The standard InChI is InChI=1S/C15H14ClNO/c16-11-1-4-14-9(5-11)8-15(18-14)10-6-12-2-3-13(7-10)17-12/h1,4-6,8,12-13,17H,2-3,7H2. The van der Waals surface area contributed by atoms with Gasteiger partial charge in [-0.05, 0) is 49.1 Å². The van der Waals surface area contributed by atoms with Crippen molar-refractivity contribution in [2.75, 3.05) is 0 Å². The lowest BCUT2D eigenvalue weighted by molar-refractivity contribution is 0.549. The van der Waals surface area contributed by atoms with Gasteiger partial charge >= 0.3 is 0 Å². The molecule has 2 aliphatic rings. The molecule has 1 aromatic carbocycles. The van der Waals surface area contributed by atoms with E-state index in [1.54, 1.807) is 0 Å². The van der Waals surface area contributed by atoms with Gasteiger partial charge in [0.25, 0.3) is 0 Å². The van der Waals surface area contributed by atoms with Crippen molar-refractivity contribution in [1.82, 2.24) is 5.32 Å². The van der Waals surface area contributed by atoms with Gasteiger partial charge in [0.15, 0.2) is 0 Å². The fraction of sp³-hybridized carbons (Fsp3) is 0.333. The highest BCUT2D eigenvalue weighted by atomic mass is 35.5. The van der Waals surface area contributed by atoms with Crippen molar-refractivity contribution in [3.63, 3.8) is 0 Å². The van der Waals surface area contributed by atoms with Crippen LogP contribution in [0.5, 0.6) is 0 Å². The first-order valence-corrected chi connectivity index (χ1v) is 6.82. The van der Waals surface area contributed by atoms with E-state index in [-0.39, 0.29) is 0 Å². The first-order chi connectivity index (χ1) is 8.78. The average Bonchev–Trinajstić information content (AvgIpc) is 2.92. The van der Waals surface area contributed by atoms with E-state index in [2.05, 4.69) is 17.5 Å². The Balaban J connectivity index is 1.78. The molecular weight excluding hydrogens is 246 g/mol. The Kier molecular flexibility index (Phi) is 2.29. The normalized spacial score (nSPS) is 26.6.